The molecule has 2 heterocycles. The van der Waals surface area contributed by atoms with Crippen molar-refractivity contribution in [3.8, 4) is 11.5 Å². The van der Waals surface area contributed by atoms with Crippen LogP contribution in [0, 0.1) is 0 Å². The summed E-state index contributed by atoms with van der Waals surface area (Å²) in [5.74, 6) is 1.71. The van der Waals surface area contributed by atoms with Crippen molar-refractivity contribution in [1.82, 2.24) is 5.32 Å². The van der Waals surface area contributed by atoms with Crippen LogP contribution in [0.15, 0.2) is 57.6 Å². The third kappa shape index (κ3) is 2.73. The number of fused-ring (bicyclic) bond motifs is 1. The quantitative estimate of drug-likeness (QED) is 0.826. The number of hydrogen-bond acceptors (Lipinski definition) is 4. The van der Waals surface area contributed by atoms with E-state index in [1.54, 1.807) is 6.08 Å². The predicted octanol–water partition coefficient (Wildman–Crippen LogP) is 3.10. The number of amidine groups is 1. The summed E-state index contributed by atoms with van der Waals surface area (Å²) in [6, 6.07) is 13.1. The van der Waals surface area contributed by atoms with E-state index in [0.717, 1.165) is 15.6 Å². The number of carbonyl (C=O) groups is 1. The first-order valence-electron chi connectivity index (χ1n) is 6.96. The Balaban J connectivity index is 1.65. The summed E-state index contributed by atoms with van der Waals surface area (Å²) in [5.41, 5.74) is 2.05. The molecule has 2 aromatic carbocycles. The average Bonchev–Trinajstić information content (AvgIpc) is 3.15. The van der Waals surface area contributed by atoms with Gasteiger partial charge in [0.15, 0.2) is 11.5 Å². The van der Waals surface area contributed by atoms with Gasteiger partial charge in [-0.3, -0.25) is 4.79 Å². The average molecular weight is 371 g/mol. The maximum Gasteiger partial charge on any atom is 0.275 e. The second-order valence-electron chi connectivity index (χ2n) is 5.06. The number of aliphatic imine (C=N–C) groups is 1. The molecule has 0 radical (unpaired) electrons. The highest BCUT2D eigenvalue weighted by molar-refractivity contribution is 9.10. The number of hydrogen-bond donors (Lipinski definition) is 1. The van der Waals surface area contributed by atoms with Gasteiger partial charge in [0, 0.05) is 10.0 Å². The number of nitrogens with one attached hydrogen (secondary N) is 1. The van der Waals surface area contributed by atoms with Crippen molar-refractivity contribution < 1.29 is 14.3 Å². The molecule has 2 aliphatic rings. The number of nitrogens with zero attached hydrogens (tertiary/aromatic N) is 1. The molecule has 5 nitrogen and oxygen atoms in total. The Bertz CT molecular complexity index is 857. The van der Waals surface area contributed by atoms with Gasteiger partial charge in [-0.05, 0) is 35.9 Å². The Morgan fingerprint density at radius 1 is 1.09 bits per heavy atom. The van der Waals surface area contributed by atoms with Crippen molar-refractivity contribution >= 4 is 33.7 Å². The summed E-state index contributed by atoms with van der Waals surface area (Å²) < 4.78 is 11.6. The lowest BCUT2D eigenvalue weighted by atomic mass is 10.1. The number of ether oxygens (including phenoxy) is 2. The van der Waals surface area contributed by atoms with Crippen molar-refractivity contribution in [1.29, 1.82) is 0 Å². The van der Waals surface area contributed by atoms with Gasteiger partial charge in [-0.25, -0.2) is 4.99 Å². The van der Waals surface area contributed by atoms with E-state index in [2.05, 4.69) is 26.2 Å². The molecule has 0 bridgehead atoms. The zero-order chi connectivity index (χ0) is 15.8. The topological polar surface area (TPSA) is 59.9 Å². The fraction of sp³-hybridized carbons (Fsp3) is 0.0588. The van der Waals surface area contributed by atoms with Crippen molar-refractivity contribution in [2.75, 3.05) is 6.79 Å². The fourth-order valence-electron chi connectivity index (χ4n) is 2.37. The third-order valence-electron chi connectivity index (χ3n) is 3.51. The molecule has 1 amide bonds. The number of carbonyl (C=O) groups excluding carboxylic acids is 1. The van der Waals surface area contributed by atoms with Gasteiger partial charge < -0.3 is 14.8 Å². The summed E-state index contributed by atoms with van der Waals surface area (Å²) in [5, 5.41) is 2.78. The first-order valence-corrected chi connectivity index (χ1v) is 7.76. The van der Waals surface area contributed by atoms with Gasteiger partial charge in [-0.1, -0.05) is 34.1 Å². The molecule has 6 heteroatoms. The van der Waals surface area contributed by atoms with Crippen LogP contribution in [0.25, 0.3) is 6.08 Å². The molecule has 0 aromatic heterocycles. The van der Waals surface area contributed by atoms with Crippen LogP contribution >= 0.6 is 15.9 Å². The molecule has 4 rings (SSSR count). The van der Waals surface area contributed by atoms with Crippen LogP contribution in [0.3, 0.4) is 0 Å². The molecule has 114 valence electrons. The maximum absolute atomic E-state index is 12.1. The Labute approximate surface area is 140 Å². The molecule has 2 aromatic rings. The second-order valence-corrected chi connectivity index (χ2v) is 5.98. The molecule has 0 spiro atoms. The highest BCUT2D eigenvalue weighted by atomic mass is 79.9. The zero-order valence-electron chi connectivity index (χ0n) is 11.9. The third-order valence-corrected chi connectivity index (χ3v) is 4.04. The van der Waals surface area contributed by atoms with Crippen LogP contribution in [0.2, 0.25) is 0 Å². The molecule has 2 aliphatic heterocycles. The number of benzene rings is 2. The van der Waals surface area contributed by atoms with Crippen molar-refractivity contribution in [2.45, 2.75) is 0 Å². The van der Waals surface area contributed by atoms with E-state index in [9.17, 15) is 4.79 Å². The summed E-state index contributed by atoms with van der Waals surface area (Å²) >= 11 is 3.39. The second kappa shape index (κ2) is 5.55. The molecule has 0 unspecified atom stereocenters. The normalized spacial score (nSPS) is 17.3. The smallest absolute Gasteiger partial charge is 0.275 e. The summed E-state index contributed by atoms with van der Waals surface area (Å²) in [7, 11) is 0. The van der Waals surface area contributed by atoms with Gasteiger partial charge >= 0.3 is 0 Å². The van der Waals surface area contributed by atoms with Gasteiger partial charge in [0.05, 0.1) is 0 Å². The van der Waals surface area contributed by atoms with E-state index >= 15 is 0 Å². The SMILES string of the molecule is O=C1NC(c2ccc(Br)cc2)=N/C1=C\c1ccc2c(c1)OCO2. The minimum atomic E-state index is -0.222. The first kappa shape index (κ1) is 14.0. The van der Waals surface area contributed by atoms with Crippen molar-refractivity contribution in [3.05, 3.63) is 63.8 Å². The van der Waals surface area contributed by atoms with Gasteiger partial charge in [0.2, 0.25) is 6.79 Å². The number of amides is 1. The van der Waals surface area contributed by atoms with Gasteiger partial charge in [-0.2, -0.15) is 0 Å². The van der Waals surface area contributed by atoms with Gasteiger partial charge in [-0.15, -0.1) is 0 Å². The Hall–Kier alpha value is -2.60. The molecule has 1 N–H and O–H groups in total. The first-order chi connectivity index (χ1) is 11.2. The van der Waals surface area contributed by atoms with Crippen molar-refractivity contribution in [3.63, 3.8) is 0 Å². The molecular weight excluding hydrogens is 360 g/mol. The number of rotatable bonds is 2. The number of halogens is 1. The molecule has 0 saturated heterocycles. The zero-order valence-corrected chi connectivity index (χ0v) is 13.5. The lowest BCUT2D eigenvalue weighted by molar-refractivity contribution is -0.115. The Morgan fingerprint density at radius 3 is 2.70 bits per heavy atom. The lowest BCUT2D eigenvalue weighted by Crippen LogP contribution is -2.24. The molecule has 0 aliphatic carbocycles. The lowest BCUT2D eigenvalue weighted by Gasteiger charge is -1.99. The predicted molar refractivity (Wildman–Crippen MR) is 89.4 cm³/mol. The maximum atomic E-state index is 12.1. The fourth-order valence-corrected chi connectivity index (χ4v) is 2.64. The highest BCUT2D eigenvalue weighted by Crippen LogP contribution is 2.33. The van der Waals surface area contributed by atoms with Crippen LogP contribution in [0.4, 0.5) is 0 Å². The minimum absolute atomic E-state index is 0.222. The Morgan fingerprint density at radius 2 is 1.87 bits per heavy atom. The van der Waals surface area contributed by atoms with E-state index in [1.807, 2.05) is 42.5 Å². The Kier molecular flexibility index (Phi) is 3.38. The van der Waals surface area contributed by atoms with E-state index in [4.69, 9.17) is 9.47 Å². The van der Waals surface area contributed by atoms with Gasteiger partial charge in [0.1, 0.15) is 11.5 Å². The minimum Gasteiger partial charge on any atom is -0.454 e. The van der Waals surface area contributed by atoms with Crippen molar-refractivity contribution in [2.24, 2.45) is 4.99 Å². The molecule has 0 atom stereocenters. The molecule has 23 heavy (non-hydrogen) atoms. The van der Waals surface area contributed by atoms with E-state index in [0.29, 0.717) is 23.0 Å². The summed E-state index contributed by atoms with van der Waals surface area (Å²) in [6.07, 6.45) is 1.73. The van der Waals surface area contributed by atoms with E-state index in [-0.39, 0.29) is 12.7 Å². The largest absolute Gasteiger partial charge is 0.454 e. The van der Waals surface area contributed by atoms with E-state index < -0.39 is 0 Å². The molecular formula is C17H11BrN2O3. The summed E-state index contributed by atoms with van der Waals surface area (Å²) in [6.45, 7) is 0.224. The monoisotopic (exact) mass is 370 g/mol. The van der Waals surface area contributed by atoms with Crippen LogP contribution in [-0.4, -0.2) is 18.5 Å². The van der Waals surface area contributed by atoms with Crippen LogP contribution < -0.4 is 14.8 Å². The van der Waals surface area contributed by atoms with Crippen LogP contribution in [-0.2, 0) is 4.79 Å². The van der Waals surface area contributed by atoms with Crippen LogP contribution in [0.1, 0.15) is 11.1 Å². The molecule has 0 fully saturated rings. The van der Waals surface area contributed by atoms with Crippen LogP contribution in [0.5, 0.6) is 11.5 Å². The summed E-state index contributed by atoms with van der Waals surface area (Å²) in [4.78, 5) is 16.5. The van der Waals surface area contributed by atoms with E-state index in [1.165, 1.54) is 0 Å². The molecule has 0 saturated carbocycles. The standard InChI is InChI=1S/C17H11BrN2O3/c18-12-4-2-11(3-5-12)16-19-13(17(21)20-16)7-10-1-6-14-15(8-10)23-9-22-14/h1-8H,9H2,(H,19,20,21)/b13-7-. The van der Waals surface area contributed by atoms with Gasteiger partial charge in [0.25, 0.3) is 5.91 Å². The highest BCUT2D eigenvalue weighted by Gasteiger charge is 2.21.